The van der Waals surface area contributed by atoms with Crippen molar-refractivity contribution in [3.63, 3.8) is 0 Å². The number of ether oxygens (including phenoxy) is 1. The highest BCUT2D eigenvalue weighted by Gasteiger charge is 2.03. The minimum absolute atomic E-state index is 0.680. The van der Waals surface area contributed by atoms with Gasteiger partial charge in [-0.3, -0.25) is 4.79 Å². The van der Waals surface area contributed by atoms with E-state index in [1.54, 1.807) is 6.07 Å². The number of unbranched alkanes of at least 4 members (excludes halogenated alkanes) is 1. The maximum Gasteiger partial charge on any atom is 0.150 e. The lowest BCUT2D eigenvalue weighted by molar-refractivity contribution is 0.112. The van der Waals surface area contributed by atoms with Gasteiger partial charge in [0.25, 0.3) is 0 Å². The monoisotopic (exact) mass is 218 g/mol. The van der Waals surface area contributed by atoms with E-state index >= 15 is 0 Å². The van der Waals surface area contributed by atoms with Gasteiger partial charge in [0.15, 0.2) is 0 Å². The van der Waals surface area contributed by atoms with Gasteiger partial charge in [-0.15, -0.1) is 6.58 Å². The lowest BCUT2D eigenvalue weighted by Crippen LogP contribution is -2.00. The Bertz CT molecular complexity index is 356. The second kappa shape index (κ2) is 6.83. The number of allylic oxidation sites excluding steroid dienone is 1. The predicted molar refractivity (Wildman–Crippen MR) is 66.1 cm³/mol. The summed E-state index contributed by atoms with van der Waals surface area (Å²) in [5.74, 6) is 0.860. The second-order valence-corrected chi connectivity index (χ2v) is 3.68. The molecule has 16 heavy (non-hydrogen) atoms. The van der Waals surface area contributed by atoms with E-state index in [0.717, 1.165) is 43.5 Å². The van der Waals surface area contributed by atoms with E-state index in [2.05, 4.69) is 13.5 Å². The fourth-order valence-electron chi connectivity index (χ4n) is 1.45. The van der Waals surface area contributed by atoms with Crippen LogP contribution in [-0.4, -0.2) is 12.9 Å². The van der Waals surface area contributed by atoms with Crippen LogP contribution in [0.1, 0.15) is 35.7 Å². The zero-order valence-electron chi connectivity index (χ0n) is 9.74. The third-order valence-corrected chi connectivity index (χ3v) is 2.34. The molecule has 0 bridgehead atoms. The zero-order chi connectivity index (χ0) is 11.8. The summed E-state index contributed by atoms with van der Waals surface area (Å²) in [6, 6.07) is 5.50. The molecule has 0 saturated carbocycles. The number of carbonyl (C=O) groups excluding carboxylic acids is 1. The standard InChI is InChI=1S/C14H18O2/c1-3-5-9-16-14-8-7-12(11-15)10-13(14)6-4-2/h4,7-8,10-11H,2-3,5-6,9H2,1H3. The summed E-state index contributed by atoms with van der Waals surface area (Å²) in [7, 11) is 0. The van der Waals surface area contributed by atoms with Crippen molar-refractivity contribution in [1.82, 2.24) is 0 Å². The summed E-state index contributed by atoms with van der Waals surface area (Å²) < 4.78 is 5.67. The maximum absolute atomic E-state index is 10.7. The van der Waals surface area contributed by atoms with Gasteiger partial charge in [-0.1, -0.05) is 19.4 Å². The Morgan fingerprint density at radius 1 is 1.44 bits per heavy atom. The van der Waals surface area contributed by atoms with Gasteiger partial charge in [-0.25, -0.2) is 0 Å². The molecule has 0 spiro atoms. The molecule has 0 fully saturated rings. The SMILES string of the molecule is C=CCc1cc(C=O)ccc1OCCCC. The maximum atomic E-state index is 10.7. The van der Waals surface area contributed by atoms with Crippen LogP contribution in [0.4, 0.5) is 0 Å². The van der Waals surface area contributed by atoms with E-state index in [0.29, 0.717) is 5.56 Å². The lowest BCUT2D eigenvalue weighted by atomic mass is 10.1. The first-order valence-electron chi connectivity index (χ1n) is 5.63. The van der Waals surface area contributed by atoms with Crippen LogP contribution in [0.2, 0.25) is 0 Å². The van der Waals surface area contributed by atoms with Gasteiger partial charge in [0.1, 0.15) is 12.0 Å². The molecule has 1 aromatic carbocycles. The van der Waals surface area contributed by atoms with Crippen LogP contribution in [0.25, 0.3) is 0 Å². The summed E-state index contributed by atoms with van der Waals surface area (Å²) in [5, 5.41) is 0. The van der Waals surface area contributed by atoms with Crippen LogP contribution < -0.4 is 4.74 Å². The van der Waals surface area contributed by atoms with E-state index in [-0.39, 0.29) is 0 Å². The molecule has 0 aliphatic rings. The van der Waals surface area contributed by atoms with Crippen LogP contribution >= 0.6 is 0 Å². The summed E-state index contributed by atoms with van der Waals surface area (Å²) in [6.45, 7) is 6.56. The largest absolute Gasteiger partial charge is 0.493 e. The zero-order valence-corrected chi connectivity index (χ0v) is 9.74. The molecule has 0 aliphatic heterocycles. The van der Waals surface area contributed by atoms with Crippen LogP contribution in [0.15, 0.2) is 30.9 Å². The molecule has 0 aliphatic carbocycles. The normalized spacial score (nSPS) is 9.81. The molecule has 1 rings (SSSR count). The molecular formula is C14H18O2. The van der Waals surface area contributed by atoms with Gasteiger partial charge >= 0.3 is 0 Å². The van der Waals surface area contributed by atoms with Crippen molar-refractivity contribution in [1.29, 1.82) is 0 Å². The van der Waals surface area contributed by atoms with Crippen molar-refractivity contribution >= 4 is 6.29 Å². The number of rotatable bonds is 7. The number of hydrogen-bond donors (Lipinski definition) is 0. The molecule has 1 aromatic rings. The van der Waals surface area contributed by atoms with Crippen molar-refractivity contribution in [3.05, 3.63) is 42.0 Å². The molecule has 0 aromatic heterocycles. The van der Waals surface area contributed by atoms with Crippen molar-refractivity contribution in [2.75, 3.05) is 6.61 Å². The molecule has 86 valence electrons. The quantitative estimate of drug-likeness (QED) is 0.398. The first-order chi connectivity index (χ1) is 7.81. The van der Waals surface area contributed by atoms with Gasteiger partial charge in [-0.2, -0.15) is 0 Å². The highest BCUT2D eigenvalue weighted by atomic mass is 16.5. The molecule has 0 heterocycles. The van der Waals surface area contributed by atoms with Gasteiger partial charge in [0.2, 0.25) is 0 Å². The van der Waals surface area contributed by atoms with Crippen LogP contribution in [-0.2, 0) is 6.42 Å². The van der Waals surface area contributed by atoms with Crippen LogP contribution in [0, 0.1) is 0 Å². The molecule has 0 saturated heterocycles. The smallest absolute Gasteiger partial charge is 0.150 e. The Hall–Kier alpha value is -1.57. The first kappa shape index (κ1) is 12.5. The fraction of sp³-hybridized carbons (Fsp3) is 0.357. The fourth-order valence-corrected chi connectivity index (χ4v) is 1.45. The number of carbonyl (C=O) groups is 1. The van der Waals surface area contributed by atoms with Gasteiger partial charge in [0.05, 0.1) is 6.61 Å². The van der Waals surface area contributed by atoms with Gasteiger partial charge in [-0.05, 0) is 36.6 Å². The summed E-state index contributed by atoms with van der Waals surface area (Å²) in [5.41, 5.74) is 1.70. The van der Waals surface area contributed by atoms with E-state index in [9.17, 15) is 4.79 Å². The Morgan fingerprint density at radius 3 is 2.88 bits per heavy atom. The number of hydrogen-bond acceptors (Lipinski definition) is 2. The lowest BCUT2D eigenvalue weighted by Gasteiger charge is -2.10. The van der Waals surface area contributed by atoms with E-state index in [4.69, 9.17) is 4.74 Å². The Morgan fingerprint density at radius 2 is 2.25 bits per heavy atom. The minimum Gasteiger partial charge on any atom is -0.493 e. The van der Waals surface area contributed by atoms with Crippen molar-refractivity contribution in [3.8, 4) is 5.75 Å². The first-order valence-corrected chi connectivity index (χ1v) is 5.63. The predicted octanol–water partition coefficient (Wildman–Crippen LogP) is 3.41. The van der Waals surface area contributed by atoms with E-state index < -0.39 is 0 Å². The Kier molecular flexibility index (Phi) is 5.34. The summed E-state index contributed by atoms with van der Waals surface area (Å²) in [4.78, 5) is 10.7. The molecular weight excluding hydrogens is 200 g/mol. The average Bonchev–Trinajstić information content (AvgIpc) is 2.31. The average molecular weight is 218 g/mol. The van der Waals surface area contributed by atoms with Crippen molar-refractivity contribution < 1.29 is 9.53 Å². The summed E-state index contributed by atoms with van der Waals surface area (Å²) in [6.07, 6.45) is 5.55. The molecule has 2 heteroatoms. The van der Waals surface area contributed by atoms with Crippen LogP contribution in [0.3, 0.4) is 0 Å². The van der Waals surface area contributed by atoms with E-state index in [1.165, 1.54) is 0 Å². The Labute approximate surface area is 96.9 Å². The molecule has 0 atom stereocenters. The molecule has 0 amide bonds. The molecule has 0 radical (unpaired) electrons. The van der Waals surface area contributed by atoms with Crippen molar-refractivity contribution in [2.24, 2.45) is 0 Å². The molecule has 0 unspecified atom stereocenters. The molecule has 0 N–H and O–H groups in total. The number of aldehydes is 1. The van der Waals surface area contributed by atoms with Gasteiger partial charge in [0, 0.05) is 5.56 Å². The minimum atomic E-state index is 0.680. The van der Waals surface area contributed by atoms with Crippen LogP contribution in [0.5, 0.6) is 5.75 Å². The second-order valence-electron chi connectivity index (χ2n) is 3.68. The van der Waals surface area contributed by atoms with E-state index in [1.807, 2.05) is 18.2 Å². The molecule has 2 nitrogen and oxygen atoms in total. The number of benzene rings is 1. The van der Waals surface area contributed by atoms with Gasteiger partial charge < -0.3 is 4.74 Å². The highest BCUT2D eigenvalue weighted by Crippen LogP contribution is 2.21. The third kappa shape index (κ3) is 3.54. The Balaban J connectivity index is 2.80. The van der Waals surface area contributed by atoms with Crippen molar-refractivity contribution in [2.45, 2.75) is 26.2 Å². The topological polar surface area (TPSA) is 26.3 Å². The highest BCUT2D eigenvalue weighted by molar-refractivity contribution is 5.75. The third-order valence-electron chi connectivity index (χ3n) is 2.34. The summed E-state index contributed by atoms with van der Waals surface area (Å²) >= 11 is 0.